The van der Waals surface area contributed by atoms with Crippen LogP contribution in [0.15, 0.2) is 48.5 Å². The SMILES string of the molecule is COc1cc(CN(C)C(=O)[C@@H]2CC[C@H](CN)O2)ccc1OCc1ccccc1.Cl. The number of nitrogens with zero attached hydrogens (tertiary/aromatic N) is 1. The van der Waals surface area contributed by atoms with E-state index in [4.69, 9.17) is 19.9 Å². The van der Waals surface area contributed by atoms with Crippen molar-refractivity contribution in [3.8, 4) is 11.5 Å². The van der Waals surface area contributed by atoms with Crippen LogP contribution < -0.4 is 15.2 Å². The average Bonchev–Trinajstić information content (AvgIpc) is 3.22. The van der Waals surface area contributed by atoms with Gasteiger partial charge in [-0.3, -0.25) is 4.79 Å². The second-order valence-corrected chi connectivity index (χ2v) is 7.01. The van der Waals surface area contributed by atoms with E-state index in [0.29, 0.717) is 31.2 Å². The Morgan fingerprint density at radius 1 is 1.14 bits per heavy atom. The van der Waals surface area contributed by atoms with Crippen LogP contribution >= 0.6 is 12.4 Å². The summed E-state index contributed by atoms with van der Waals surface area (Å²) in [7, 11) is 3.40. The summed E-state index contributed by atoms with van der Waals surface area (Å²) in [5.74, 6) is 1.31. The molecule has 1 aliphatic heterocycles. The van der Waals surface area contributed by atoms with Gasteiger partial charge in [0.05, 0.1) is 13.2 Å². The number of rotatable bonds is 8. The predicted octanol–water partition coefficient (Wildman–Crippen LogP) is 3.16. The summed E-state index contributed by atoms with van der Waals surface area (Å²) in [6.07, 6.45) is 1.15. The molecule has 0 aromatic heterocycles. The summed E-state index contributed by atoms with van der Waals surface area (Å²) in [6.45, 7) is 1.40. The van der Waals surface area contributed by atoms with Crippen LogP contribution in [0.1, 0.15) is 24.0 Å². The van der Waals surface area contributed by atoms with Crippen LogP contribution in [-0.4, -0.2) is 43.7 Å². The molecule has 2 aromatic rings. The highest BCUT2D eigenvalue weighted by Gasteiger charge is 2.31. The van der Waals surface area contributed by atoms with Gasteiger partial charge in [-0.2, -0.15) is 0 Å². The van der Waals surface area contributed by atoms with Crippen molar-refractivity contribution >= 4 is 18.3 Å². The number of amides is 1. The van der Waals surface area contributed by atoms with Crippen molar-refractivity contribution in [2.45, 2.75) is 38.2 Å². The number of ether oxygens (including phenoxy) is 3. The van der Waals surface area contributed by atoms with Crippen molar-refractivity contribution in [3.63, 3.8) is 0 Å². The number of carbonyl (C=O) groups excluding carboxylic acids is 1. The Bertz CT molecular complexity index is 788. The first-order chi connectivity index (χ1) is 13.6. The van der Waals surface area contributed by atoms with Crippen molar-refractivity contribution in [1.29, 1.82) is 0 Å². The van der Waals surface area contributed by atoms with Gasteiger partial charge in [-0.05, 0) is 36.1 Å². The molecule has 2 N–H and O–H groups in total. The summed E-state index contributed by atoms with van der Waals surface area (Å²) in [5.41, 5.74) is 7.68. The minimum Gasteiger partial charge on any atom is -0.493 e. The molecule has 1 fully saturated rings. The summed E-state index contributed by atoms with van der Waals surface area (Å²) in [5, 5.41) is 0. The quantitative estimate of drug-likeness (QED) is 0.710. The van der Waals surface area contributed by atoms with Crippen LogP contribution in [0.2, 0.25) is 0 Å². The summed E-state index contributed by atoms with van der Waals surface area (Å²) >= 11 is 0. The third kappa shape index (κ3) is 6.10. The lowest BCUT2D eigenvalue weighted by Crippen LogP contribution is -2.36. The topological polar surface area (TPSA) is 74.0 Å². The molecule has 1 aliphatic rings. The molecular formula is C22H29ClN2O4. The zero-order valence-corrected chi connectivity index (χ0v) is 17.7. The van der Waals surface area contributed by atoms with E-state index in [1.165, 1.54) is 0 Å². The van der Waals surface area contributed by atoms with Gasteiger partial charge in [-0.15, -0.1) is 12.4 Å². The molecular weight excluding hydrogens is 392 g/mol. The Kier molecular flexibility index (Phi) is 8.76. The standard InChI is InChI=1S/C22H28N2O4.ClH/c1-24(22(25)20-11-9-18(13-23)28-20)14-17-8-10-19(21(12-17)26-2)27-15-16-6-4-3-5-7-16;/h3-8,10,12,18,20H,9,11,13-15,23H2,1-2H3;1H/t18-,20+;/m1./s1. The predicted molar refractivity (Wildman–Crippen MR) is 114 cm³/mol. The zero-order valence-electron chi connectivity index (χ0n) is 16.9. The molecule has 158 valence electrons. The summed E-state index contributed by atoms with van der Waals surface area (Å²) < 4.78 is 17.1. The molecule has 1 saturated heterocycles. The van der Waals surface area contributed by atoms with Gasteiger partial charge in [0.1, 0.15) is 12.7 Å². The van der Waals surface area contributed by atoms with Crippen molar-refractivity contribution in [2.24, 2.45) is 5.73 Å². The molecule has 0 unspecified atom stereocenters. The van der Waals surface area contributed by atoms with E-state index in [1.54, 1.807) is 19.1 Å². The minimum atomic E-state index is -0.395. The van der Waals surface area contributed by atoms with Gasteiger partial charge in [0.2, 0.25) is 0 Å². The Morgan fingerprint density at radius 3 is 2.55 bits per heavy atom. The Morgan fingerprint density at radius 2 is 1.90 bits per heavy atom. The Labute approximate surface area is 178 Å². The number of nitrogens with two attached hydrogens (primary N) is 1. The highest BCUT2D eigenvalue weighted by atomic mass is 35.5. The van der Waals surface area contributed by atoms with E-state index in [1.807, 2.05) is 48.5 Å². The molecule has 1 amide bonds. The van der Waals surface area contributed by atoms with Crippen molar-refractivity contribution in [3.05, 3.63) is 59.7 Å². The Hall–Kier alpha value is -2.28. The monoisotopic (exact) mass is 420 g/mol. The Balaban J connectivity index is 0.00000300. The van der Waals surface area contributed by atoms with Gasteiger partial charge < -0.3 is 24.8 Å². The lowest BCUT2D eigenvalue weighted by atomic mass is 10.1. The highest BCUT2D eigenvalue weighted by molar-refractivity contribution is 5.85. The molecule has 0 saturated carbocycles. The maximum atomic E-state index is 12.6. The van der Waals surface area contributed by atoms with Gasteiger partial charge in [0.15, 0.2) is 11.5 Å². The fraction of sp³-hybridized carbons (Fsp3) is 0.409. The number of carbonyl (C=O) groups is 1. The maximum Gasteiger partial charge on any atom is 0.251 e. The van der Waals surface area contributed by atoms with Gasteiger partial charge in [0, 0.05) is 20.1 Å². The number of benzene rings is 2. The zero-order chi connectivity index (χ0) is 19.9. The molecule has 0 bridgehead atoms. The second kappa shape index (κ2) is 11.0. The first kappa shape index (κ1) is 23.0. The van der Waals surface area contributed by atoms with Crippen LogP contribution in [0.3, 0.4) is 0 Å². The van der Waals surface area contributed by atoms with E-state index in [-0.39, 0.29) is 24.4 Å². The van der Waals surface area contributed by atoms with Gasteiger partial charge in [-0.25, -0.2) is 0 Å². The average molecular weight is 421 g/mol. The van der Waals surface area contributed by atoms with E-state index >= 15 is 0 Å². The highest BCUT2D eigenvalue weighted by Crippen LogP contribution is 2.29. The normalized spacial score (nSPS) is 18.0. The van der Waals surface area contributed by atoms with E-state index < -0.39 is 6.10 Å². The first-order valence-corrected chi connectivity index (χ1v) is 9.55. The lowest BCUT2D eigenvalue weighted by Gasteiger charge is -2.22. The fourth-order valence-corrected chi connectivity index (χ4v) is 3.32. The molecule has 7 heteroatoms. The van der Waals surface area contributed by atoms with Crippen molar-refractivity contribution in [1.82, 2.24) is 4.90 Å². The third-order valence-corrected chi connectivity index (χ3v) is 4.91. The molecule has 2 atom stereocenters. The van der Waals surface area contributed by atoms with Gasteiger partial charge >= 0.3 is 0 Å². The lowest BCUT2D eigenvalue weighted by molar-refractivity contribution is -0.141. The summed E-state index contributed by atoms with van der Waals surface area (Å²) in [6, 6.07) is 15.7. The number of halogens is 1. The van der Waals surface area contributed by atoms with Crippen molar-refractivity contribution in [2.75, 3.05) is 20.7 Å². The largest absolute Gasteiger partial charge is 0.493 e. The molecule has 0 aliphatic carbocycles. The first-order valence-electron chi connectivity index (χ1n) is 9.55. The van der Waals surface area contributed by atoms with Crippen molar-refractivity contribution < 1.29 is 19.0 Å². The van der Waals surface area contributed by atoms with E-state index in [9.17, 15) is 4.79 Å². The number of hydrogen-bond donors (Lipinski definition) is 1. The molecule has 3 rings (SSSR count). The smallest absolute Gasteiger partial charge is 0.251 e. The van der Waals surface area contributed by atoms with Gasteiger partial charge in [-0.1, -0.05) is 36.4 Å². The number of methoxy groups -OCH3 is 1. The van der Waals surface area contributed by atoms with E-state index in [0.717, 1.165) is 24.0 Å². The van der Waals surface area contributed by atoms with Crippen LogP contribution in [0.5, 0.6) is 11.5 Å². The van der Waals surface area contributed by atoms with Gasteiger partial charge in [0.25, 0.3) is 5.91 Å². The maximum absolute atomic E-state index is 12.6. The van der Waals surface area contributed by atoms with Crippen LogP contribution in [0, 0.1) is 0 Å². The second-order valence-electron chi connectivity index (χ2n) is 7.01. The van der Waals surface area contributed by atoms with Crippen LogP contribution in [0.4, 0.5) is 0 Å². The molecule has 6 nitrogen and oxygen atoms in total. The third-order valence-electron chi connectivity index (χ3n) is 4.91. The summed E-state index contributed by atoms with van der Waals surface area (Å²) in [4.78, 5) is 14.3. The molecule has 0 radical (unpaired) electrons. The minimum absolute atomic E-state index is 0. The molecule has 29 heavy (non-hydrogen) atoms. The molecule has 2 aromatic carbocycles. The van der Waals surface area contributed by atoms with Crippen LogP contribution in [0.25, 0.3) is 0 Å². The van der Waals surface area contributed by atoms with E-state index in [2.05, 4.69) is 0 Å². The molecule has 1 heterocycles. The number of likely N-dealkylation sites (N-methyl/N-ethyl adjacent to an activating group) is 1. The fourth-order valence-electron chi connectivity index (χ4n) is 3.32. The molecule has 0 spiro atoms. The van der Waals surface area contributed by atoms with Crippen LogP contribution in [-0.2, 0) is 22.7 Å². The number of hydrogen-bond acceptors (Lipinski definition) is 5.